The molecule has 1 nitrogen and oxygen atoms in total. The minimum atomic E-state index is -0.163. The molecule has 0 atom stereocenters. The highest BCUT2D eigenvalue weighted by molar-refractivity contribution is 7.10. The van der Waals surface area contributed by atoms with Crippen molar-refractivity contribution in [2.75, 3.05) is 0 Å². The second kappa shape index (κ2) is 4.82. The van der Waals surface area contributed by atoms with Crippen molar-refractivity contribution in [1.82, 2.24) is 5.32 Å². The third-order valence-electron chi connectivity index (χ3n) is 3.27. The topological polar surface area (TPSA) is 12.0 Å². The minimum absolute atomic E-state index is 0.163. The van der Waals surface area contributed by atoms with Crippen molar-refractivity contribution in [1.29, 1.82) is 0 Å². The molecule has 0 spiro atoms. The molecule has 0 saturated heterocycles. The lowest BCUT2D eigenvalue weighted by Gasteiger charge is -2.09. The Labute approximate surface area is 111 Å². The number of rotatable bonds is 4. The van der Waals surface area contributed by atoms with E-state index in [9.17, 15) is 4.39 Å². The van der Waals surface area contributed by atoms with Gasteiger partial charge in [-0.15, -0.1) is 11.3 Å². The van der Waals surface area contributed by atoms with Gasteiger partial charge in [0.05, 0.1) is 0 Å². The number of hydrogen-bond acceptors (Lipinski definition) is 2. The number of thiophene rings is 1. The molecule has 0 amide bonds. The van der Waals surface area contributed by atoms with Crippen LogP contribution in [-0.2, 0) is 6.54 Å². The monoisotopic (exact) mass is 261 g/mol. The van der Waals surface area contributed by atoms with Crippen LogP contribution in [0.3, 0.4) is 0 Å². The van der Waals surface area contributed by atoms with Gasteiger partial charge in [0.2, 0.25) is 0 Å². The van der Waals surface area contributed by atoms with Gasteiger partial charge in [0.25, 0.3) is 0 Å². The Morgan fingerprint density at radius 3 is 2.83 bits per heavy atom. The number of benzene rings is 1. The fourth-order valence-corrected chi connectivity index (χ4v) is 2.80. The van der Waals surface area contributed by atoms with E-state index < -0.39 is 0 Å². The van der Waals surface area contributed by atoms with E-state index in [2.05, 4.69) is 23.7 Å². The Morgan fingerprint density at radius 1 is 1.33 bits per heavy atom. The first-order chi connectivity index (χ1) is 8.72. The molecule has 1 aliphatic rings. The number of halogens is 1. The SMILES string of the molecule is Cc1cc(-c2cc(F)ccc2CNC2CC2)cs1. The van der Waals surface area contributed by atoms with Crippen LogP contribution in [0.1, 0.15) is 23.3 Å². The summed E-state index contributed by atoms with van der Waals surface area (Å²) in [6.07, 6.45) is 2.54. The van der Waals surface area contributed by atoms with Crippen LogP contribution in [-0.4, -0.2) is 6.04 Å². The zero-order chi connectivity index (χ0) is 12.5. The van der Waals surface area contributed by atoms with Gasteiger partial charge >= 0.3 is 0 Å². The summed E-state index contributed by atoms with van der Waals surface area (Å²) in [5, 5.41) is 5.59. The van der Waals surface area contributed by atoms with E-state index in [4.69, 9.17) is 0 Å². The van der Waals surface area contributed by atoms with Crippen LogP contribution < -0.4 is 5.32 Å². The molecule has 94 valence electrons. The molecular weight excluding hydrogens is 245 g/mol. The zero-order valence-corrected chi connectivity index (χ0v) is 11.2. The Morgan fingerprint density at radius 2 is 2.17 bits per heavy atom. The van der Waals surface area contributed by atoms with Gasteiger partial charge in [0.15, 0.2) is 0 Å². The van der Waals surface area contributed by atoms with Gasteiger partial charge in [0, 0.05) is 17.5 Å². The number of aryl methyl sites for hydroxylation is 1. The molecule has 0 radical (unpaired) electrons. The Balaban J connectivity index is 1.91. The second-order valence-corrected chi connectivity index (χ2v) is 6.02. The lowest BCUT2D eigenvalue weighted by atomic mass is 10.0. The molecule has 1 aromatic heterocycles. The Kier molecular flexibility index (Phi) is 3.18. The maximum absolute atomic E-state index is 13.4. The molecule has 3 heteroatoms. The van der Waals surface area contributed by atoms with Gasteiger partial charge in [-0.3, -0.25) is 0 Å². The molecule has 1 aromatic carbocycles. The largest absolute Gasteiger partial charge is 0.310 e. The van der Waals surface area contributed by atoms with Gasteiger partial charge in [-0.1, -0.05) is 6.07 Å². The van der Waals surface area contributed by atoms with Crippen LogP contribution in [0.15, 0.2) is 29.6 Å². The van der Waals surface area contributed by atoms with Gasteiger partial charge < -0.3 is 5.32 Å². The van der Waals surface area contributed by atoms with Gasteiger partial charge in [-0.25, -0.2) is 4.39 Å². The van der Waals surface area contributed by atoms with Crippen LogP contribution in [0.2, 0.25) is 0 Å². The highest BCUT2D eigenvalue weighted by Gasteiger charge is 2.20. The maximum atomic E-state index is 13.4. The van der Waals surface area contributed by atoms with E-state index in [1.807, 2.05) is 6.07 Å². The molecule has 1 heterocycles. The van der Waals surface area contributed by atoms with E-state index in [1.54, 1.807) is 23.5 Å². The summed E-state index contributed by atoms with van der Waals surface area (Å²) in [4.78, 5) is 1.26. The predicted molar refractivity (Wildman–Crippen MR) is 74.3 cm³/mol. The van der Waals surface area contributed by atoms with Crippen LogP contribution in [0, 0.1) is 12.7 Å². The number of nitrogens with one attached hydrogen (secondary N) is 1. The predicted octanol–water partition coefficient (Wildman–Crippen LogP) is 4.11. The van der Waals surface area contributed by atoms with E-state index in [0.29, 0.717) is 6.04 Å². The molecular formula is C15H16FNS. The molecule has 2 aromatic rings. The highest BCUT2D eigenvalue weighted by Crippen LogP contribution is 2.29. The molecule has 1 saturated carbocycles. The van der Waals surface area contributed by atoms with Crippen molar-refractivity contribution >= 4 is 11.3 Å². The fraction of sp³-hybridized carbons (Fsp3) is 0.333. The number of hydrogen-bond donors (Lipinski definition) is 1. The van der Waals surface area contributed by atoms with E-state index in [-0.39, 0.29) is 5.82 Å². The van der Waals surface area contributed by atoms with Crippen LogP contribution >= 0.6 is 11.3 Å². The average Bonchev–Trinajstić information content (AvgIpc) is 3.09. The van der Waals surface area contributed by atoms with Crippen molar-refractivity contribution in [3.8, 4) is 11.1 Å². The quantitative estimate of drug-likeness (QED) is 0.873. The van der Waals surface area contributed by atoms with E-state index in [1.165, 1.54) is 23.3 Å². The third kappa shape index (κ3) is 2.62. The summed E-state index contributed by atoms with van der Waals surface area (Å²) in [5.41, 5.74) is 3.33. The first kappa shape index (κ1) is 11.9. The van der Waals surface area contributed by atoms with Crippen LogP contribution in [0.4, 0.5) is 4.39 Å². The molecule has 1 aliphatic carbocycles. The molecule has 0 aliphatic heterocycles. The lowest BCUT2D eigenvalue weighted by Crippen LogP contribution is -2.15. The minimum Gasteiger partial charge on any atom is -0.310 e. The van der Waals surface area contributed by atoms with Gasteiger partial charge in [0.1, 0.15) is 5.82 Å². The highest BCUT2D eigenvalue weighted by atomic mass is 32.1. The normalized spacial score (nSPS) is 15.0. The van der Waals surface area contributed by atoms with Crippen LogP contribution in [0.25, 0.3) is 11.1 Å². The summed E-state index contributed by atoms with van der Waals surface area (Å²) in [6.45, 7) is 2.91. The summed E-state index contributed by atoms with van der Waals surface area (Å²) in [7, 11) is 0. The standard InChI is InChI=1S/C15H16FNS/c1-10-6-12(9-18-10)15-7-13(16)3-2-11(15)8-17-14-4-5-14/h2-3,6-7,9,14,17H,4-5,8H2,1H3. The Bertz CT molecular complexity index is 557. The van der Waals surface area contributed by atoms with Gasteiger partial charge in [-0.2, -0.15) is 0 Å². The molecule has 1 fully saturated rings. The smallest absolute Gasteiger partial charge is 0.123 e. The zero-order valence-electron chi connectivity index (χ0n) is 10.4. The lowest BCUT2D eigenvalue weighted by molar-refractivity contribution is 0.625. The molecule has 18 heavy (non-hydrogen) atoms. The Hall–Kier alpha value is -1.19. The molecule has 0 bridgehead atoms. The first-order valence-corrected chi connectivity index (χ1v) is 7.17. The average molecular weight is 261 g/mol. The molecule has 3 rings (SSSR count). The summed E-state index contributed by atoms with van der Waals surface area (Å²) in [6, 6.07) is 7.89. The van der Waals surface area contributed by atoms with Crippen molar-refractivity contribution in [3.63, 3.8) is 0 Å². The van der Waals surface area contributed by atoms with Crippen molar-refractivity contribution in [3.05, 3.63) is 45.9 Å². The van der Waals surface area contributed by atoms with Gasteiger partial charge in [-0.05, 0) is 60.0 Å². The van der Waals surface area contributed by atoms with Crippen molar-refractivity contribution in [2.24, 2.45) is 0 Å². The molecule has 1 N–H and O–H groups in total. The molecule has 0 unspecified atom stereocenters. The van der Waals surface area contributed by atoms with Crippen LogP contribution in [0.5, 0.6) is 0 Å². The third-order valence-corrected chi connectivity index (χ3v) is 4.13. The fourth-order valence-electron chi connectivity index (χ4n) is 2.10. The van der Waals surface area contributed by atoms with Crippen molar-refractivity contribution < 1.29 is 4.39 Å². The van der Waals surface area contributed by atoms with E-state index >= 15 is 0 Å². The summed E-state index contributed by atoms with van der Waals surface area (Å²) >= 11 is 1.71. The summed E-state index contributed by atoms with van der Waals surface area (Å²) < 4.78 is 13.4. The maximum Gasteiger partial charge on any atom is 0.123 e. The van der Waals surface area contributed by atoms with E-state index in [0.717, 1.165) is 17.7 Å². The second-order valence-electron chi connectivity index (χ2n) is 4.90. The van der Waals surface area contributed by atoms with Crippen molar-refractivity contribution in [2.45, 2.75) is 32.4 Å². The first-order valence-electron chi connectivity index (χ1n) is 6.30. The summed E-state index contributed by atoms with van der Waals surface area (Å²) in [5.74, 6) is -0.163.